The van der Waals surface area contributed by atoms with Crippen LogP contribution in [-0.2, 0) is 403 Å². The summed E-state index contributed by atoms with van der Waals surface area (Å²) in [6, 6.07) is 1.40. The molecule has 1 aromatic rings. The van der Waals surface area contributed by atoms with Crippen molar-refractivity contribution < 1.29 is 22.3 Å². The van der Waals surface area contributed by atoms with E-state index in [1.165, 1.54) is 17.8 Å². The Kier molecular flexibility index (Phi) is 50.8. The fraction of sp³-hybridized carbons (Fsp3) is 0.250. The number of hydrogen-bond acceptors (Lipinski definition) is 5. The number of hydrogen-bond donors (Lipinski definition) is 2. The Labute approximate surface area is 455 Å². The highest BCUT2D eigenvalue weighted by atomic mass is 33.5. The summed E-state index contributed by atoms with van der Waals surface area (Å²) in [5.41, 5.74) is 8.23. The van der Waals surface area contributed by atoms with Crippen LogP contribution in [0.5, 0.6) is 0 Å². The quantitative estimate of drug-likeness (QED) is 0.308. The van der Waals surface area contributed by atoms with Crippen LogP contribution in [0.15, 0.2) is 12.1 Å². The van der Waals surface area contributed by atoms with E-state index in [0.717, 1.165) is 0 Å². The molecule has 1 aromatic carbocycles. The average Bonchev–Trinajstić information content (AvgIpc) is 3.37. The minimum Gasteiger partial charge on any atom is -0.397 e. The second-order valence-electron chi connectivity index (χ2n) is 5.95. The Hall–Kier alpha value is 7.96. The Morgan fingerprint density at radius 1 is 0.310 bits per heavy atom. The van der Waals surface area contributed by atoms with Gasteiger partial charge in [0.15, 0.2) is 0 Å². The summed E-state index contributed by atoms with van der Waals surface area (Å²) in [7, 11) is 72.9. The van der Waals surface area contributed by atoms with Crippen molar-refractivity contribution in [2.45, 2.75) is 12.2 Å². The Bertz CT molecular complexity index is 3400. The smallest absolute Gasteiger partial charge is 0.388 e. The topological polar surface area (TPSA) is 61.3 Å². The summed E-state index contributed by atoms with van der Waals surface area (Å²) >= 11 is 9.61. The minimum absolute atomic E-state index is 0.185. The molecule has 0 aromatic heterocycles. The zero-order valence-electron chi connectivity index (χ0n) is 24.8. The van der Waals surface area contributed by atoms with Crippen molar-refractivity contribution in [2.75, 3.05) is 11.5 Å². The Morgan fingerprint density at radius 2 is 0.448 bits per heavy atom. The lowest BCUT2D eigenvalue weighted by atomic mass is 10.1. The first kappa shape index (κ1) is 64.0. The lowest BCUT2D eigenvalue weighted by Gasteiger charge is -2.10. The number of fused-ring (bicyclic) bond motifs is 1. The molecule has 0 saturated heterocycles. The van der Waals surface area contributed by atoms with Crippen molar-refractivity contribution in [1.82, 2.24) is 0 Å². The number of rotatable bonds is 0. The highest BCUT2D eigenvalue weighted by molar-refractivity contribution is 8.81. The summed E-state index contributed by atoms with van der Waals surface area (Å²) < 4.78 is 55.1. The molecule has 1 aliphatic heterocycles. The number of anilines is 2. The molecular formula is C8H6F4N2OS43. The van der Waals surface area contributed by atoms with Crippen LogP contribution < -0.4 is 11.5 Å². The third kappa shape index (κ3) is 37.7. The van der Waals surface area contributed by atoms with Gasteiger partial charge in [0, 0.05) is 386 Å². The predicted molar refractivity (Wildman–Crippen MR) is 361 cm³/mol. The van der Waals surface area contributed by atoms with Gasteiger partial charge in [-0.05, 0) is 12.1 Å². The van der Waals surface area contributed by atoms with Crippen molar-refractivity contribution >= 4 is 398 Å². The molecule has 0 fully saturated rings. The van der Waals surface area contributed by atoms with E-state index in [2.05, 4.69) is 4.74 Å². The highest BCUT2D eigenvalue weighted by Crippen LogP contribution is 2.52. The third-order valence-electron chi connectivity index (χ3n) is 3.22. The van der Waals surface area contributed by atoms with Crippen LogP contribution in [0.25, 0.3) is 0 Å². The maximum atomic E-state index is 12.9. The maximum Gasteiger partial charge on any atom is 0.388 e. The lowest BCUT2D eigenvalue weighted by molar-refractivity contribution is -0.369. The first-order chi connectivity index (χ1) is 28.2. The van der Waals surface area contributed by atoms with Gasteiger partial charge in [-0.3, -0.25) is 0 Å². The van der Waals surface area contributed by atoms with Gasteiger partial charge in [-0.15, -0.1) is 0 Å². The van der Waals surface area contributed by atoms with Crippen LogP contribution in [0, 0.1) is 0 Å². The lowest BCUT2D eigenvalue weighted by Crippen LogP contribution is -2.17. The van der Waals surface area contributed by atoms with E-state index in [4.69, 9.17) is 33.8 Å². The molecule has 0 atom stereocenters. The van der Waals surface area contributed by atoms with Crippen LogP contribution in [0.2, 0.25) is 0 Å². The molecule has 0 saturated carbocycles. The third-order valence-corrected chi connectivity index (χ3v) is 92.1. The summed E-state index contributed by atoms with van der Waals surface area (Å²) in [5.74, 6) is 0. The number of alkyl halides is 4. The fourth-order valence-corrected chi connectivity index (χ4v) is 109. The van der Waals surface area contributed by atoms with Gasteiger partial charge in [-0.2, -0.15) is 17.6 Å². The molecule has 0 spiro atoms. The standard InChI is InChI=1S/C8H6F4N2O.S43/c9-7(10)3-1-5(13)6(14)2-4(3)8(11,12)15-7;1-3-5-7-9-11-13-15-17-19-21-23-25-27-29-31-33-35-37-39-41-43-42-40-38-36-34-32-30-28-26-24-22-20-18-16-14-12-10-8-6-4-2/h1-2H,13-14H2;. The predicted octanol–water partition coefficient (Wildman–Crippen LogP) is 1.88. The van der Waals surface area contributed by atoms with Crippen LogP contribution in [0.1, 0.15) is 11.1 Å². The van der Waals surface area contributed by atoms with Crippen molar-refractivity contribution in [2.24, 2.45) is 0 Å². The molecule has 340 valence electrons. The van der Waals surface area contributed by atoms with E-state index >= 15 is 0 Å². The average molecular weight is 1600 g/mol. The number of nitrogens with two attached hydrogens (primary N) is 2. The molecule has 0 amide bonds. The van der Waals surface area contributed by atoms with Gasteiger partial charge in [0.1, 0.15) is 0 Å². The molecular weight excluding hydrogens is 1590 g/mol. The van der Waals surface area contributed by atoms with E-state index < -0.39 is 23.3 Å². The van der Waals surface area contributed by atoms with Crippen molar-refractivity contribution in [3.05, 3.63) is 23.3 Å². The maximum absolute atomic E-state index is 12.9. The zero-order chi connectivity index (χ0) is 42.4. The fourth-order valence-electron chi connectivity index (χ4n) is 1.83. The summed E-state index contributed by atoms with van der Waals surface area (Å²) in [6.45, 7) is 0. The molecule has 0 unspecified atom stereocenters. The number of nitrogen functional groups attached to an aromatic ring is 2. The molecule has 0 aliphatic carbocycles. The monoisotopic (exact) mass is 1600 g/mol. The molecule has 58 heavy (non-hydrogen) atoms. The van der Waals surface area contributed by atoms with Gasteiger partial charge >= 0.3 is 12.2 Å². The van der Waals surface area contributed by atoms with Gasteiger partial charge in [-0.25, -0.2) is 4.74 Å². The van der Waals surface area contributed by atoms with Gasteiger partial charge in [-0.1, -0.05) is 0 Å². The summed E-state index contributed by atoms with van der Waals surface area (Å²) in [4.78, 5) is 0. The van der Waals surface area contributed by atoms with Gasteiger partial charge in [0.2, 0.25) is 0 Å². The summed E-state index contributed by atoms with van der Waals surface area (Å²) in [6.07, 6.45) is -8.08. The van der Waals surface area contributed by atoms with Crippen LogP contribution in [0.4, 0.5) is 28.9 Å². The molecule has 1 heterocycles. The van der Waals surface area contributed by atoms with Crippen LogP contribution >= 0.6 is 0 Å². The normalized spacial score (nSPS) is 11.2. The van der Waals surface area contributed by atoms with E-state index in [1.54, 1.807) is 107 Å². The second-order valence-corrected chi connectivity index (χ2v) is 78.5. The van der Waals surface area contributed by atoms with E-state index in [0.29, 0.717) is 12.1 Å². The number of ether oxygens (including phenoxy) is 1. The number of benzene rings is 1. The van der Waals surface area contributed by atoms with Crippen LogP contribution in [-0.4, -0.2) is 0 Å². The second kappa shape index (κ2) is 46.1. The van der Waals surface area contributed by atoms with Gasteiger partial charge in [0.25, 0.3) is 0 Å². The minimum atomic E-state index is -4.04. The van der Waals surface area contributed by atoms with Crippen molar-refractivity contribution in [3.63, 3.8) is 0 Å². The van der Waals surface area contributed by atoms with E-state index in [9.17, 15) is 17.6 Å². The molecule has 3 nitrogen and oxygen atoms in total. The van der Waals surface area contributed by atoms with Gasteiger partial charge in [0.05, 0.1) is 22.5 Å². The SMILES string of the molecule is Nc1cc2c(cc1N)C(F)(F)OC2(F)F.S=S=S=S=S=S=S=S=S=S=S=S=S=S=S=S=S=S=S=S=S=S=S=S=S=S=S=S=S=S=S=S=S=S=S=S=S=S=S=S=S=S=S. The summed E-state index contributed by atoms with van der Waals surface area (Å²) in [5, 5.41) is 0. The first-order valence-corrected chi connectivity index (χ1v) is 66.9. The largest absolute Gasteiger partial charge is 0.397 e. The Balaban J connectivity index is 0.000000920. The van der Waals surface area contributed by atoms with Crippen molar-refractivity contribution in [3.8, 4) is 0 Å². The van der Waals surface area contributed by atoms with E-state index in [-0.39, 0.29) is 11.4 Å². The first-order valence-electron chi connectivity index (χ1n) is 10.9. The van der Waals surface area contributed by atoms with Crippen molar-refractivity contribution in [1.29, 1.82) is 0 Å². The molecule has 0 bridgehead atoms. The molecule has 4 N–H and O–H groups in total. The van der Waals surface area contributed by atoms with Crippen LogP contribution in [0.3, 0.4) is 0 Å². The molecule has 1 aliphatic rings. The number of halogens is 4. The zero-order valence-corrected chi connectivity index (χ0v) is 59.9. The van der Waals surface area contributed by atoms with E-state index in [1.807, 2.05) is 240 Å². The molecule has 0 radical (unpaired) electrons. The molecule has 2 rings (SSSR count). The van der Waals surface area contributed by atoms with Gasteiger partial charge < -0.3 is 11.5 Å². The molecule has 50 heteroatoms. The Morgan fingerprint density at radius 3 is 0.586 bits per heavy atom. The highest BCUT2D eigenvalue weighted by Gasteiger charge is 2.57.